The molecule has 1 aliphatic heterocycles. The first-order valence-corrected chi connectivity index (χ1v) is 12.2. The topological polar surface area (TPSA) is 107 Å². The monoisotopic (exact) mass is 463 g/mol. The summed E-state index contributed by atoms with van der Waals surface area (Å²) in [4.78, 5) is 25.3. The second-order valence-electron chi connectivity index (χ2n) is 8.29. The maximum absolute atomic E-state index is 12.7. The standard InChI is InChI=1S/C25H21NO6S/c1-14-10-20-23(24-22(14)19(12-31-24)16-6-4-3-5-7-16)15(2)18(25(28)32-20)11-21(27)26-17-8-9-33(29,30)13-17/h3-10,12,17H,11,13H2,1-2H3,(H,26,27)/t17-/m1/s1. The minimum absolute atomic E-state index is 0.182. The number of amides is 1. The molecule has 0 fully saturated rings. The van der Waals surface area contributed by atoms with E-state index in [0.717, 1.165) is 27.5 Å². The van der Waals surface area contributed by atoms with E-state index in [1.165, 1.54) is 6.08 Å². The van der Waals surface area contributed by atoms with Crippen LogP contribution in [0, 0.1) is 13.8 Å². The Morgan fingerprint density at radius 2 is 1.91 bits per heavy atom. The molecule has 2 aromatic heterocycles. The van der Waals surface area contributed by atoms with Crippen LogP contribution in [0.5, 0.6) is 0 Å². The van der Waals surface area contributed by atoms with E-state index < -0.39 is 27.4 Å². The van der Waals surface area contributed by atoms with Crippen molar-refractivity contribution in [2.24, 2.45) is 0 Å². The molecular formula is C25H21NO6S. The molecule has 8 heteroatoms. The van der Waals surface area contributed by atoms with Gasteiger partial charge in [0.2, 0.25) is 5.91 Å². The molecule has 0 bridgehead atoms. The zero-order valence-electron chi connectivity index (χ0n) is 18.0. The smallest absolute Gasteiger partial charge is 0.340 e. The van der Waals surface area contributed by atoms with E-state index in [2.05, 4.69) is 5.32 Å². The van der Waals surface area contributed by atoms with Crippen LogP contribution in [-0.4, -0.2) is 26.1 Å². The van der Waals surface area contributed by atoms with E-state index in [9.17, 15) is 18.0 Å². The third kappa shape index (κ3) is 3.76. The third-order valence-electron chi connectivity index (χ3n) is 5.98. The second kappa shape index (κ2) is 7.74. The van der Waals surface area contributed by atoms with E-state index in [4.69, 9.17) is 8.83 Å². The summed E-state index contributed by atoms with van der Waals surface area (Å²) >= 11 is 0. The molecule has 1 aliphatic rings. The molecule has 168 valence electrons. The number of sulfone groups is 1. The largest absolute Gasteiger partial charge is 0.463 e. The first-order chi connectivity index (χ1) is 15.7. The van der Waals surface area contributed by atoms with Gasteiger partial charge < -0.3 is 14.2 Å². The lowest BCUT2D eigenvalue weighted by Gasteiger charge is -2.12. The molecule has 3 heterocycles. The van der Waals surface area contributed by atoms with Crippen molar-refractivity contribution in [2.75, 3.05) is 5.75 Å². The van der Waals surface area contributed by atoms with Gasteiger partial charge in [0.25, 0.3) is 0 Å². The lowest BCUT2D eigenvalue weighted by Crippen LogP contribution is -2.37. The molecule has 0 saturated heterocycles. The number of nitrogens with one attached hydrogen (secondary N) is 1. The summed E-state index contributed by atoms with van der Waals surface area (Å²) in [6.45, 7) is 3.70. The van der Waals surface area contributed by atoms with Gasteiger partial charge in [0.15, 0.2) is 9.84 Å². The van der Waals surface area contributed by atoms with Crippen molar-refractivity contribution in [3.05, 3.63) is 81.3 Å². The van der Waals surface area contributed by atoms with E-state index >= 15 is 0 Å². The second-order valence-corrected chi connectivity index (χ2v) is 10.2. The predicted octanol–water partition coefficient (Wildman–Crippen LogP) is 3.79. The van der Waals surface area contributed by atoms with Crippen LogP contribution >= 0.6 is 0 Å². The number of fused-ring (bicyclic) bond motifs is 3. The molecule has 33 heavy (non-hydrogen) atoms. The first-order valence-electron chi connectivity index (χ1n) is 10.5. The van der Waals surface area contributed by atoms with Gasteiger partial charge in [-0.1, -0.05) is 30.3 Å². The van der Waals surface area contributed by atoms with Crippen LogP contribution in [0.2, 0.25) is 0 Å². The van der Waals surface area contributed by atoms with Crippen molar-refractivity contribution in [1.82, 2.24) is 5.32 Å². The van der Waals surface area contributed by atoms with E-state index in [1.807, 2.05) is 43.3 Å². The van der Waals surface area contributed by atoms with Crippen LogP contribution in [0.4, 0.5) is 0 Å². The molecule has 0 spiro atoms. The quantitative estimate of drug-likeness (QED) is 0.462. The Bertz CT molecular complexity index is 1610. The summed E-state index contributed by atoms with van der Waals surface area (Å²) in [5.41, 5.74) is 4.06. The van der Waals surface area contributed by atoms with Crippen molar-refractivity contribution < 1.29 is 22.0 Å². The number of carbonyl (C=O) groups is 1. The van der Waals surface area contributed by atoms with Gasteiger partial charge in [-0.3, -0.25) is 4.79 Å². The van der Waals surface area contributed by atoms with E-state index in [-0.39, 0.29) is 17.7 Å². The van der Waals surface area contributed by atoms with Gasteiger partial charge in [-0.15, -0.1) is 0 Å². The van der Waals surface area contributed by atoms with Gasteiger partial charge in [-0.2, -0.15) is 0 Å². The number of aryl methyl sites for hydroxylation is 2. The van der Waals surface area contributed by atoms with Gasteiger partial charge in [0, 0.05) is 16.4 Å². The SMILES string of the molecule is Cc1cc2oc(=O)c(CC(=O)N[C@@H]3C=CS(=O)(=O)C3)c(C)c2c2occ(-c3ccccc3)c12. The summed E-state index contributed by atoms with van der Waals surface area (Å²) < 4.78 is 34.7. The molecule has 1 atom stereocenters. The van der Waals surface area contributed by atoms with Crippen LogP contribution in [0.1, 0.15) is 16.7 Å². The molecule has 0 radical (unpaired) electrons. The van der Waals surface area contributed by atoms with Crippen LogP contribution in [0.3, 0.4) is 0 Å². The van der Waals surface area contributed by atoms with Gasteiger partial charge >= 0.3 is 5.63 Å². The van der Waals surface area contributed by atoms with Gasteiger partial charge in [0.1, 0.15) is 11.2 Å². The highest BCUT2D eigenvalue weighted by Gasteiger charge is 2.25. The van der Waals surface area contributed by atoms with Crippen molar-refractivity contribution >= 4 is 37.7 Å². The fourth-order valence-electron chi connectivity index (χ4n) is 4.41. The highest BCUT2D eigenvalue weighted by molar-refractivity contribution is 7.94. The lowest BCUT2D eigenvalue weighted by molar-refractivity contribution is -0.120. The average Bonchev–Trinajstić information content (AvgIpc) is 3.35. The van der Waals surface area contributed by atoms with Crippen molar-refractivity contribution in [3.63, 3.8) is 0 Å². The van der Waals surface area contributed by atoms with Crippen LogP contribution in [0.15, 0.2) is 67.8 Å². The Hall–Kier alpha value is -3.65. The minimum atomic E-state index is -3.30. The number of benzene rings is 2. The number of hydrogen-bond acceptors (Lipinski definition) is 6. The number of hydrogen-bond donors (Lipinski definition) is 1. The minimum Gasteiger partial charge on any atom is -0.463 e. The van der Waals surface area contributed by atoms with Crippen molar-refractivity contribution in [1.29, 1.82) is 0 Å². The highest BCUT2D eigenvalue weighted by atomic mass is 32.2. The highest BCUT2D eigenvalue weighted by Crippen LogP contribution is 2.38. The number of carbonyl (C=O) groups excluding carboxylic acids is 1. The number of rotatable bonds is 4. The zero-order chi connectivity index (χ0) is 23.3. The summed E-state index contributed by atoms with van der Waals surface area (Å²) in [7, 11) is -3.30. The summed E-state index contributed by atoms with van der Waals surface area (Å²) in [5.74, 6) is -0.636. The molecule has 0 saturated carbocycles. The molecule has 7 nitrogen and oxygen atoms in total. The van der Waals surface area contributed by atoms with E-state index in [0.29, 0.717) is 22.1 Å². The predicted molar refractivity (Wildman–Crippen MR) is 126 cm³/mol. The summed E-state index contributed by atoms with van der Waals surface area (Å²) in [6.07, 6.45) is 2.90. The molecule has 1 N–H and O–H groups in total. The average molecular weight is 464 g/mol. The van der Waals surface area contributed by atoms with Crippen LogP contribution in [0.25, 0.3) is 33.1 Å². The molecule has 0 aliphatic carbocycles. The Kier molecular flexibility index (Phi) is 4.97. The molecule has 2 aromatic carbocycles. The Morgan fingerprint density at radius 1 is 1.15 bits per heavy atom. The Morgan fingerprint density at radius 3 is 2.61 bits per heavy atom. The maximum atomic E-state index is 12.7. The van der Waals surface area contributed by atoms with E-state index in [1.54, 1.807) is 13.2 Å². The van der Waals surface area contributed by atoms with Gasteiger partial charge in [-0.05, 0) is 42.7 Å². The first kappa shape index (κ1) is 21.2. The summed E-state index contributed by atoms with van der Waals surface area (Å²) in [6, 6.07) is 11.1. The molecular weight excluding hydrogens is 442 g/mol. The molecule has 0 unspecified atom stereocenters. The van der Waals surface area contributed by atoms with Crippen LogP contribution < -0.4 is 10.9 Å². The lowest BCUT2D eigenvalue weighted by atomic mass is 9.96. The van der Waals surface area contributed by atoms with Gasteiger partial charge in [-0.25, -0.2) is 13.2 Å². The van der Waals surface area contributed by atoms with Gasteiger partial charge in [0.05, 0.1) is 35.4 Å². The third-order valence-corrected chi connectivity index (χ3v) is 7.38. The van der Waals surface area contributed by atoms with Crippen molar-refractivity contribution in [2.45, 2.75) is 26.3 Å². The fourth-order valence-corrected chi connectivity index (χ4v) is 5.64. The maximum Gasteiger partial charge on any atom is 0.340 e. The summed E-state index contributed by atoms with van der Waals surface area (Å²) in [5, 5.41) is 5.30. The van der Waals surface area contributed by atoms with Crippen LogP contribution in [-0.2, 0) is 21.1 Å². The normalized spacial score (nSPS) is 17.1. The molecule has 4 aromatic rings. The van der Waals surface area contributed by atoms with Crippen molar-refractivity contribution in [3.8, 4) is 11.1 Å². The Balaban J connectivity index is 1.58. The Labute approximate surface area is 189 Å². The fraction of sp³-hybridized carbons (Fsp3) is 0.200. The number of furan rings is 1. The molecule has 1 amide bonds. The molecule has 5 rings (SSSR count). The zero-order valence-corrected chi connectivity index (χ0v) is 18.9.